The molecule has 0 bridgehead atoms. The second kappa shape index (κ2) is 4.72. The van der Waals surface area contributed by atoms with Crippen molar-refractivity contribution in [1.82, 2.24) is 4.98 Å². The maximum Gasteiger partial charge on any atom is 0.329 e. The Morgan fingerprint density at radius 1 is 1.60 bits per heavy atom. The van der Waals surface area contributed by atoms with Crippen molar-refractivity contribution in [3.05, 3.63) is 28.5 Å². The van der Waals surface area contributed by atoms with Gasteiger partial charge in [0, 0.05) is 10.7 Å². The van der Waals surface area contributed by atoms with E-state index in [4.69, 9.17) is 9.84 Å². The first kappa shape index (κ1) is 12.1. The standard InChI is InChI=1S/C10H12BrNO3/c1-10(2,15-6-9(13)14)8-4-3-7(11)5-12-8/h3-5H,6H2,1-2H3,(H,13,14). The van der Waals surface area contributed by atoms with E-state index in [-0.39, 0.29) is 6.61 Å². The van der Waals surface area contributed by atoms with E-state index in [9.17, 15) is 4.79 Å². The van der Waals surface area contributed by atoms with Crippen LogP contribution in [0.5, 0.6) is 0 Å². The molecule has 1 heterocycles. The van der Waals surface area contributed by atoms with Gasteiger partial charge in [-0.1, -0.05) is 0 Å². The van der Waals surface area contributed by atoms with Crippen molar-refractivity contribution < 1.29 is 14.6 Å². The highest BCUT2D eigenvalue weighted by atomic mass is 79.9. The van der Waals surface area contributed by atoms with E-state index < -0.39 is 11.6 Å². The molecule has 0 aromatic carbocycles. The van der Waals surface area contributed by atoms with Crippen molar-refractivity contribution in [3.8, 4) is 0 Å². The van der Waals surface area contributed by atoms with E-state index in [1.165, 1.54) is 0 Å². The molecule has 0 aliphatic carbocycles. The van der Waals surface area contributed by atoms with Crippen LogP contribution in [0.1, 0.15) is 19.5 Å². The summed E-state index contributed by atoms with van der Waals surface area (Å²) < 4.78 is 6.11. The molecule has 0 saturated heterocycles. The Morgan fingerprint density at radius 3 is 2.73 bits per heavy atom. The lowest BCUT2D eigenvalue weighted by molar-refractivity contribution is -0.148. The molecule has 0 aliphatic heterocycles. The van der Waals surface area contributed by atoms with Gasteiger partial charge in [-0.15, -0.1) is 0 Å². The molecule has 0 spiro atoms. The predicted octanol–water partition coefficient (Wildman–Crippen LogP) is 2.18. The van der Waals surface area contributed by atoms with Crippen molar-refractivity contribution >= 4 is 21.9 Å². The second-order valence-electron chi connectivity index (χ2n) is 3.55. The minimum Gasteiger partial charge on any atom is -0.480 e. The highest BCUT2D eigenvalue weighted by Gasteiger charge is 2.23. The predicted molar refractivity (Wildman–Crippen MR) is 58.6 cm³/mol. The summed E-state index contributed by atoms with van der Waals surface area (Å²) >= 11 is 3.28. The number of carboxylic acids is 1. The van der Waals surface area contributed by atoms with Crippen LogP contribution in [-0.2, 0) is 15.1 Å². The van der Waals surface area contributed by atoms with Gasteiger partial charge in [-0.3, -0.25) is 4.98 Å². The summed E-state index contributed by atoms with van der Waals surface area (Å²) in [5, 5.41) is 8.51. The zero-order chi connectivity index (χ0) is 11.5. The lowest BCUT2D eigenvalue weighted by atomic mass is 10.0. The summed E-state index contributed by atoms with van der Waals surface area (Å²) in [6.07, 6.45) is 1.65. The number of aliphatic carboxylic acids is 1. The molecule has 1 rings (SSSR count). The third-order valence-corrected chi connectivity index (χ3v) is 2.37. The molecule has 4 nitrogen and oxygen atoms in total. The quantitative estimate of drug-likeness (QED) is 0.914. The van der Waals surface area contributed by atoms with Crippen molar-refractivity contribution in [2.45, 2.75) is 19.4 Å². The van der Waals surface area contributed by atoms with Gasteiger partial charge < -0.3 is 9.84 Å². The largest absolute Gasteiger partial charge is 0.480 e. The van der Waals surface area contributed by atoms with Gasteiger partial charge in [0.2, 0.25) is 0 Å². The van der Waals surface area contributed by atoms with Gasteiger partial charge >= 0.3 is 5.97 Å². The third kappa shape index (κ3) is 3.60. The van der Waals surface area contributed by atoms with Crippen LogP contribution >= 0.6 is 15.9 Å². The number of nitrogens with zero attached hydrogens (tertiary/aromatic N) is 1. The van der Waals surface area contributed by atoms with Gasteiger partial charge in [-0.2, -0.15) is 0 Å². The summed E-state index contributed by atoms with van der Waals surface area (Å²) in [6.45, 7) is 3.24. The molecule has 1 N–H and O–H groups in total. The highest BCUT2D eigenvalue weighted by molar-refractivity contribution is 9.10. The topological polar surface area (TPSA) is 59.4 Å². The molecule has 0 atom stereocenters. The van der Waals surface area contributed by atoms with Crippen molar-refractivity contribution in [2.75, 3.05) is 6.61 Å². The minimum absolute atomic E-state index is 0.329. The number of pyridine rings is 1. The Hall–Kier alpha value is -0.940. The van der Waals surface area contributed by atoms with E-state index in [2.05, 4.69) is 20.9 Å². The number of hydrogen-bond acceptors (Lipinski definition) is 3. The first-order valence-corrected chi connectivity index (χ1v) is 5.19. The summed E-state index contributed by atoms with van der Waals surface area (Å²) in [7, 11) is 0. The normalized spacial score (nSPS) is 11.4. The first-order valence-electron chi connectivity index (χ1n) is 4.39. The van der Waals surface area contributed by atoms with Crippen LogP contribution in [0.4, 0.5) is 0 Å². The second-order valence-corrected chi connectivity index (χ2v) is 4.47. The highest BCUT2D eigenvalue weighted by Crippen LogP contribution is 2.23. The van der Waals surface area contributed by atoms with Gasteiger partial charge in [0.25, 0.3) is 0 Å². The molecule has 0 saturated carbocycles. The Balaban J connectivity index is 2.76. The van der Waals surface area contributed by atoms with Gasteiger partial charge in [-0.25, -0.2) is 4.79 Å². The summed E-state index contributed by atoms with van der Waals surface area (Å²) in [5.41, 5.74) is 0.00553. The third-order valence-electron chi connectivity index (χ3n) is 1.90. The Morgan fingerprint density at radius 2 is 2.27 bits per heavy atom. The number of halogens is 1. The van der Waals surface area contributed by atoms with Crippen LogP contribution in [-0.4, -0.2) is 22.7 Å². The number of carboxylic acid groups (broad SMARTS) is 1. The minimum atomic E-state index is -0.986. The number of rotatable bonds is 4. The van der Waals surface area contributed by atoms with Crippen molar-refractivity contribution in [1.29, 1.82) is 0 Å². The monoisotopic (exact) mass is 273 g/mol. The molecule has 0 aliphatic rings. The molecule has 0 amide bonds. The Kier molecular flexibility index (Phi) is 3.82. The fraction of sp³-hybridized carbons (Fsp3) is 0.400. The maximum absolute atomic E-state index is 10.4. The molecule has 15 heavy (non-hydrogen) atoms. The van der Waals surface area contributed by atoms with Gasteiger partial charge in [0.15, 0.2) is 0 Å². The summed E-state index contributed by atoms with van der Waals surface area (Å²) in [6, 6.07) is 3.64. The number of ether oxygens (including phenoxy) is 1. The average Bonchev–Trinajstić information content (AvgIpc) is 2.16. The summed E-state index contributed by atoms with van der Waals surface area (Å²) in [4.78, 5) is 14.5. The zero-order valence-corrected chi connectivity index (χ0v) is 10.1. The van der Waals surface area contributed by atoms with Crippen molar-refractivity contribution in [3.63, 3.8) is 0 Å². The van der Waals surface area contributed by atoms with Crippen molar-refractivity contribution in [2.24, 2.45) is 0 Å². The zero-order valence-electron chi connectivity index (χ0n) is 8.53. The lowest BCUT2D eigenvalue weighted by Gasteiger charge is -2.23. The van der Waals surface area contributed by atoms with Crippen LogP contribution < -0.4 is 0 Å². The van der Waals surface area contributed by atoms with Crippen LogP contribution in [0.25, 0.3) is 0 Å². The van der Waals surface area contributed by atoms with Crippen LogP contribution in [0.2, 0.25) is 0 Å². The SMILES string of the molecule is CC(C)(OCC(=O)O)c1ccc(Br)cn1. The van der Waals surface area contributed by atoms with Crippen LogP contribution in [0.3, 0.4) is 0 Å². The number of hydrogen-bond donors (Lipinski definition) is 1. The first-order chi connectivity index (χ1) is 6.92. The van der Waals surface area contributed by atoms with E-state index in [0.717, 1.165) is 4.47 Å². The molecule has 0 radical (unpaired) electrons. The van der Waals surface area contributed by atoms with E-state index in [0.29, 0.717) is 5.69 Å². The van der Waals surface area contributed by atoms with Gasteiger partial charge in [0.1, 0.15) is 12.2 Å². The number of aromatic nitrogens is 1. The van der Waals surface area contributed by atoms with Gasteiger partial charge in [0.05, 0.1) is 5.69 Å². The molecule has 1 aromatic rings. The Labute approximate surface area is 96.4 Å². The molecule has 0 fully saturated rings. The molecular weight excluding hydrogens is 262 g/mol. The van der Waals surface area contributed by atoms with E-state index in [1.54, 1.807) is 26.1 Å². The molecule has 1 aromatic heterocycles. The number of carbonyl (C=O) groups is 1. The fourth-order valence-corrected chi connectivity index (χ4v) is 1.28. The van der Waals surface area contributed by atoms with Crippen LogP contribution in [0.15, 0.2) is 22.8 Å². The van der Waals surface area contributed by atoms with Gasteiger partial charge in [-0.05, 0) is 41.9 Å². The maximum atomic E-state index is 10.4. The smallest absolute Gasteiger partial charge is 0.329 e. The molecular formula is C10H12BrNO3. The Bertz CT molecular complexity index is 348. The molecule has 0 unspecified atom stereocenters. The van der Waals surface area contributed by atoms with Crippen LogP contribution in [0, 0.1) is 0 Å². The average molecular weight is 274 g/mol. The molecule has 5 heteroatoms. The molecule has 82 valence electrons. The fourth-order valence-electron chi connectivity index (χ4n) is 1.05. The lowest BCUT2D eigenvalue weighted by Crippen LogP contribution is -2.26. The van der Waals surface area contributed by atoms with E-state index >= 15 is 0 Å². The summed E-state index contributed by atoms with van der Waals surface area (Å²) in [5.74, 6) is -0.986. The van der Waals surface area contributed by atoms with E-state index in [1.807, 2.05) is 6.07 Å².